The van der Waals surface area contributed by atoms with Crippen molar-refractivity contribution in [3.63, 3.8) is 0 Å². The summed E-state index contributed by atoms with van der Waals surface area (Å²) in [5.41, 5.74) is 1.89. The standard InChI is InChI=1S/C23H30N2O3S/c26-29(27,21-8-3-1-4-9-21)23-22-18-20(11-10-19(22)12-13-24-23)28-17-7-16-25-14-5-2-6-15-25/h1,3-4,8-11,18,23-24H,2,5-7,12-17H2. The van der Waals surface area contributed by atoms with Crippen molar-refractivity contribution in [1.29, 1.82) is 0 Å². The van der Waals surface area contributed by atoms with E-state index in [1.807, 2.05) is 24.3 Å². The molecule has 2 aromatic rings. The topological polar surface area (TPSA) is 58.6 Å². The number of nitrogens with zero attached hydrogens (tertiary/aromatic N) is 1. The van der Waals surface area contributed by atoms with Crippen LogP contribution in [-0.2, 0) is 16.3 Å². The molecule has 0 bridgehead atoms. The summed E-state index contributed by atoms with van der Waals surface area (Å²) in [6.45, 7) is 4.77. The van der Waals surface area contributed by atoms with Crippen molar-refractivity contribution < 1.29 is 13.2 Å². The molecule has 1 atom stereocenters. The van der Waals surface area contributed by atoms with Gasteiger partial charge in [-0.15, -0.1) is 0 Å². The Kier molecular flexibility index (Phi) is 6.53. The third kappa shape index (κ3) is 4.82. The predicted molar refractivity (Wildman–Crippen MR) is 115 cm³/mol. The summed E-state index contributed by atoms with van der Waals surface area (Å²) in [6, 6.07) is 14.6. The van der Waals surface area contributed by atoms with Crippen LogP contribution in [0, 0.1) is 0 Å². The minimum Gasteiger partial charge on any atom is -0.494 e. The summed E-state index contributed by atoms with van der Waals surface area (Å²) < 4.78 is 32.4. The molecule has 0 saturated carbocycles. The Hall–Kier alpha value is -1.89. The average Bonchev–Trinajstić information content (AvgIpc) is 2.77. The second kappa shape index (κ2) is 9.28. The van der Waals surface area contributed by atoms with E-state index in [4.69, 9.17) is 4.74 Å². The molecule has 2 heterocycles. The smallest absolute Gasteiger partial charge is 0.198 e. The Labute approximate surface area is 174 Å². The third-order valence-corrected chi connectivity index (χ3v) is 7.81. The monoisotopic (exact) mass is 414 g/mol. The van der Waals surface area contributed by atoms with Gasteiger partial charge in [-0.3, -0.25) is 5.32 Å². The SMILES string of the molecule is O=S(=O)(c1ccccc1)C1NCCc2ccc(OCCCN3CCCCC3)cc21. The molecule has 0 aliphatic carbocycles. The minimum atomic E-state index is -3.51. The summed E-state index contributed by atoms with van der Waals surface area (Å²) in [7, 11) is -3.51. The predicted octanol–water partition coefficient (Wildman–Crippen LogP) is 3.56. The van der Waals surface area contributed by atoms with Crippen LogP contribution in [0.4, 0.5) is 0 Å². The lowest BCUT2D eigenvalue weighted by Gasteiger charge is -2.27. The van der Waals surface area contributed by atoms with Gasteiger partial charge in [-0.05, 0) is 74.2 Å². The lowest BCUT2D eigenvalue weighted by atomic mass is 10.0. The van der Waals surface area contributed by atoms with E-state index in [0.717, 1.165) is 36.3 Å². The Balaban J connectivity index is 1.44. The zero-order valence-electron chi connectivity index (χ0n) is 16.8. The zero-order chi connectivity index (χ0) is 20.1. The maximum atomic E-state index is 13.2. The van der Waals surface area contributed by atoms with Crippen molar-refractivity contribution in [2.75, 3.05) is 32.8 Å². The van der Waals surface area contributed by atoms with Gasteiger partial charge in [0.15, 0.2) is 9.84 Å². The first-order valence-corrected chi connectivity index (χ1v) is 12.2. The van der Waals surface area contributed by atoms with E-state index in [1.165, 1.54) is 32.4 Å². The molecule has 29 heavy (non-hydrogen) atoms. The van der Waals surface area contributed by atoms with Crippen LogP contribution in [0.5, 0.6) is 5.75 Å². The Morgan fingerprint density at radius 3 is 2.62 bits per heavy atom. The molecule has 1 fully saturated rings. The fourth-order valence-electron chi connectivity index (χ4n) is 4.27. The summed E-state index contributed by atoms with van der Waals surface area (Å²) in [6.07, 6.45) is 5.77. The fraction of sp³-hybridized carbons (Fsp3) is 0.478. The van der Waals surface area contributed by atoms with E-state index in [1.54, 1.807) is 24.3 Å². The first-order chi connectivity index (χ1) is 14.1. The normalized spacial score (nSPS) is 20.2. The van der Waals surface area contributed by atoms with Gasteiger partial charge in [0.2, 0.25) is 0 Å². The van der Waals surface area contributed by atoms with E-state index in [2.05, 4.69) is 10.2 Å². The molecule has 0 aromatic heterocycles. The number of nitrogens with one attached hydrogen (secondary N) is 1. The molecular weight excluding hydrogens is 384 g/mol. The van der Waals surface area contributed by atoms with Crippen molar-refractivity contribution in [3.8, 4) is 5.75 Å². The lowest BCUT2D eigenvalue weighted by Crippen LogP contribution is -2.35. The summed E-state index contributed by atoms with van der Waals surface area (Å²) >= 11 is 0. The van der Waals surface area contributed by atoms with Gasteiger partial charge in [0.1, 0.15) is 11.1 Å². The number of benzene rings is 2. The van der Waals surface area contributed by atoms with Crippen LogP contribution in [-0.4, -0.2) is 46.1 Å². The number of sulfone groups is 1. The van der Waals surface area contributed by atoms with Gasteiger partial charge in [0.05, 0.1) is 11.5 Å². The molecule has 0 radical (unpaired) electrons. The van der Waals surface area contributed by atoms with Gasteiger partial charge in [-0.1, -0.05) is 30.7 Å². The molecule has 1 N–H and O–H groups in total. The largest absolute Gasteiger partial charge is 0.494 e. The average molecular weight is 415 g/mol. The van der Waals surface area contributed by atoms with Gasteiger partial charge in [-0.2, -0.15) is 0 Å². The van der Waals surface area contributed by atoms with E-state index < -0.39 is 15.2 Å². The summed E-state index contributed by atoms with van der Waals surface area (Å²) in [5.74, 6) is 0.749. The van der Waals surface area contributed by atoms with E-state index in [9.17, 15) is 8.42 Å². The van der Waals surface area contributed by atoms with Crippen molar-refractivity contribution >= 4 is 9.84 Å². The molecule has 1 unspecified atom stereocenters. The molecule has 6 heteroatoms. The van der Waals surface area contributed by atoms with Crippen LogP contribution >= 0.6 is 0 Å². The van der Waals surface area contributed by atoms with Gasteiger partial charge < -0.3 is 9.64 Å². The molecule has 2 aromatic carbocycles. The van der Waals surface area contributed by atoms with Crippen molar-refractivity contribution in [2.24, 2.45) is 0 Å². The Bertz CT molecular complexity index is 909. The number of hydrogen-bond acceptors (Lipinski definition) is 5. The number of likely N-dealkylation sites (tertiary alicyclic amines) is 1. The van der Waals surface area contributed by atoms with Crippen LogP contribution in [0.15, 0.2) is 53.4 Å². The highest BCUT2D eigenvalue weighted by Crippen LogP contribution is 2.34. The maximum Gasteiger partial charge on any atom is 0.198 e. The molecule has 4 rings (SSSR count). The van der Waals surface area contributed by atoms with Crippen LogP contribution in [0.25, 0.3) is 0 Å². The highest BCUT2D eigenvalue weighted by Gasteiger charge is 2.33. The second-order valence-corrected chi connectivity index (χ2v) is 9.94. The lowest BCUT2D eigenvalue weighted by molar-refractivity contribution is 0.205. The number of hydrogen-bond donors (Lipinski definition) is 1. The van der Waals surface area contributed by atoms with Gasteiger partial charge in [0, 0.05) is 13.1 Å². The quantitative estimate of drug-likeness (QED) is 0.702. The number of rotatable bonds is 7. The van der Waals surface area contributed by atoms with Gasteiger partial charge in [-0.25, -0.2) is 8.42 Å². The van der Waals surface area contributed by atoms with E-state index in [-0.39, 0.29) is 0 Å². The summed E-state index contributed by atoms with van der Waals surface area (Å²) in [4.78, 5) is 2.85. The number of fused-ring (bicyclic) bond motifs is 1. The molecule has 2 aliphatic rings. The molecule has 5 nitrogen and oxygen atoms in total. The molecule has 0 amide bonds. The third-order valence-electron chi connectivity index (χ3n) is 5.84. The van der Waals surface area contributed by atoms with Gasteiger partial charge >= 0.3 is 0 Å². The summed E-state index contributed by atoms with van der Waals surface area (Å²) in [5, 5.41) is 2.47. The Morgan fingerprint density at radius 1 is 1.03 bits per heavy atom. The first-order valence-electron chi connectivity index (χ1n) is 10.6. The zero-order valence-corrected chi connectivity index (χ0v) is 17.7. The molecule has 156 valence electrons. The highest BCUT2D eigenvalue weighted by molar-refractivity contribution is 7.91. The molecule has 1 saturated heterocycles. The molecule has 0 spiro atoms. The second-order valence-electron chi connectivity index (χ2n) is 7.91. The number of ether oxygens (including phenoxy) is 1. The van der Waals surface area contributed by atoms with Crippen LogP contribution < -0.4 is 10.1 Å². The molecular formula is C23H30N2O3S. The Morgan fingerprint density at radius 2 is 1.83 bits per heavy atom. The minimum absolute atomic E-state index is 0.346. The van der Waals surface area contributed by atoms with Gasteiger partial charge in [0.25, 0.3) is 0 Å². The van der Waals surface area contributed by atoms with Crippen LogP contribution in [0.1, 0.15) is 42.2 Å². The number of piperidine rings is 1. The van der Waals surface area contributed by atoms with Crippen molar-refractivity contribution in [3.05, 3.63) is 59.7 Å². The fourth-order valence-corrected chi connectivity index (χ4v) is 5.97. The van der Waals surface area contributed by atoms with E-state index >= 15 is 0 Å². The van der Waals surface area contributed by atoms with Crippen molar-refractivity contribution in [1.82, 2.24) is 10.2 Å². The van der Waals surface area contributed by atoms with Crippen LogP contribution in [0.2, 0.25) is 0 Å². The molecule has 2 aliphatic heterocycles. The van der Waals surface area contributed by atoms with Crippen LogP contribution in [0.3, 0.4) is 0 Å². The maximum absolute atomic E-state index is 13.2. The first kappa shape index (κ1) is 20.4. The van der Waals surface area contributed by atoms with E-state index in [0.29, 0.717) is 18.0 Å². The van der Waals surface area contributed by atoms with Crippen molar-refractivity contribution in [2.45, 2.75) is 42.4 Å². The highest BCUT2D eigenvalue weighted by atomic mass is 32.2.